The predicted octanol–water partition coefficient (Wildman–Crippen LogP) is 3.99. The lowest BCUT2D eigenvalue weighted by molar-refractivity contribution is -0.385. The maximum Gasteiger partial charge on any atom is 0.336 e. The van der Waals surface area contributed by atoms with Crippen molar-refractivity contribution in [2.45, 2.75) is 0 Å². The van der Waals surface area contributed by atoms with Gasteiger partial charge in [-0.25, -0.2) is 10.2 Å². The number of nitro benzene ring substituents is 1. The Kier molecular flexibility index (Phi) is 7.63. The summed E-state index contributed by atoms with van der Waals surface area (Å²) in [4.78, 5) is 34.5. The largest absolute Gasteiger partial charge is 0.497 e. The van der Waals surface area contributed by atoms with Crippen LogP contribution in [0.2, 0.25) is 0 Å². The summed E-state index contributed by atoms with van der Waals surface area (Å²) in [6.45, 7) is 0. The monoisotopic (exact) mass is 445 g/mol. The molecule has 0 fully saturated rings. The summed E-state index contributed by atoms with van der Waals surface area (Å²) >= 11 is 0. The molecule has 0 bridgehead atoms. The van der Waals surface area contributed by atoms with E-state index in [1.54, 1.807) is 49.6 Å². The topological polar surface area (TPSA) is 120 Å². The Morgan fingerprint density at radius 2 is 1.58 bits per heavy atom. The van der Waals surface area contributed by atoms with E-state index in [2.05, 4.69) is 10.5 Å². The third kappa shape index (κ3) is 6.59. The van der Waals surface area contributed by atoms with E-state index in [4.69, 9.17) is 9.47 Å². The Hall–Kier alpha value is -4.79. The molecule has 0 atom stereocenters. The van der Waals surface area contributed by atoms with E-state index in [0.717, 1.165) is 11.3 Å². The van der Waals surface area contributed by atoms with E-state index in [1.807, 2.05) is 12.1 Å². The van der Waals surface area contributed by atoms with E-state index in [1.165, 1.54) is 36.6 Å². The fourth-order valence-electron chi connectivity index (χ4n) is 2.70. The molecule has 1 N–H and O–H groups in total. The van der Waals surface area contributed by atoms with Crippen molar-refractivity contribution < 1.29 is 24.0 Å². The SMILES string of the molecule is COc1ccc(C=CC(=O)Oc2ccc(C=NNC(=O)c3ccccc3[N+](=O)[O-])cc2)cc1. The van der Waals surface area contributed by atoms with Crippen molar-refractivity contribution in [1.29, 1.82) is 0 Å². The first-order valence-electron chi connectivity index (χ1n) is 9.67. The highest BCUT2D eigenvalue weighted by Crippen LogP contribution is 2.17. The number of hydrazone groups is 1. The van der Waals surface area contributed by atoms with Crippen LogP contribution in [-0.4, -0.2) is 30.1 Å². The molecular formula is C24H19N3O6. The number of nitrogens with one attached hydrogen (secondary N) is 1. The van der Waals surface area contributed by atoms with E-state index < -0.39 is 16.8 Å². The van der Waals surface area contributed by atoms with E-state index in [-0.39, 0.29) is 11.3 Å². The van der Waals surface area contributed by atoms with Gasteiger partial charge < -0.3 is 9.47 Å². The fraction of sp³-hybridized carbons (Fsp3) is 0.0417. The zero-order valence-electron chi connectivity index (χ0n) is 17.5. The molecule has 0 aliphatic carbocycles. The van der Waals surface area contributed by atoms with Crippen LogP contribution in [0.3, 0.4) is 0 Å². The molecule has 0 saturated heterocycles. The maximum absolute atomic E-state index is 12.1. The van der Waals surface area contributed by atoms with Gasteiger partial charge in [0, 0.05) is 12.1 Å². The molecule has 33 heavy (non-hydrogen) atoms. The van der Waals surface area contributed by atoms with Crippen LogP contribution >= 0.6 is 0 Å². The van der Waals surface area contributed by atoms with Crippen LogP contribution < -0.4 is 14.9 Å². The minimum absolute atomic E-state index is 0.0930. The second-order valence-corrected chi connectivity index (χ2v) is 6.57. The summed E-state index contributed by atoms with van der Waals surface area (Å²) in [6.07, 6.45) is 4.31. The van der Waals surface area contributed by atoms with Gasteiger partial charge in [-0.2, -0.15) is 5.10 Å². The number of nitrogens with zero attached hydrogens (tertiary/aromatic N) is 2. The molecular weight excluding hydrogens is 426 g/mol. The second kappa shape index (κ2) is 11.0. The van der Waals surface area contributed by atoms with Crippen LogP contribution in [0.4, 0.5) is 5.69 Å². The van der Waals surface area contributed by atoms with Gasteiger partial charge in [0.25, 0.3) is 11.6 Å². The van der Waals surface area contributed by atoms with Gasteiger partial charge in [0.15, 0.2) is 0 Å². The molecule has 0 saturated carbocycles. The molecule has 9 heteroatoms. The fourth-order valence-corrected chi connectivity index (χ4v) is 2.70. The number of para-hydroxylation sites is 1. The van der Waals surface area contributed by atoms with Gasteiger partial charge >= 0.3 is 5.97 Å². The first-order chi connectivity index (χ1) is 16.0. The third-order valence-corrected chi connectivity index (χ3v) is 4.35. The number of nitro groups is 1. The molecule has 3 aromatic carbocycles. The van der Waals surface area contributed by atoms with Gasteiger partial charge in [-0.3, -0.25) is 14.9 Å². The van der Waals surface area contributed by atoms with E-state index in [0.29, 0.717) is 11.3 Å². The Morgan fingerprint density at radius 1 is 0.939 bits per heavy atom. The average Bonchev–Trinajstić information content (AvgIpc) is 2.84. The Bertz CT molecular complexity index is 1200. The number of carbonyl (C=O) groups is 2. The smallest absolute Gasteiger partial charge is 0.336 e. The van der Waals surface area contributed by atoms with Crippen LogP contribution in [0.5, 0.6) is 11.5 Å². The number of rotatable bonds is 8. The number of methoxy groups -OCH3 is 1. The van der Waals surface area contributed by atoms with Crippen LogP contribution in [0.25, 0.3) is 6.08 Å². The van der Waals surface area contributed by atoms with Crippen molar-refractivity contribution >= 4 is 29.9 Å². The van der Waals surface area contributed by atoms with Gasteiger partial charge in [0.2, 0.25) is 0 Å². The Balaban J connectivity index is 1.54. The van der Waals surface area contributed by atoms with Crippen molar-refractivity contribution in [1.82, 2.24) is 5.43 Å². The average molecular weight is 445 g/mol. The Morgan fingerprint density at radius 3 is 2.24 bits per heavy atom. The van der Waals surface area contributed by atoms with Gasteiger partial charge in [-0.1, -0.05) is 24.3 Å². The molecule has 0 aliphatic rings. The number of hydrogen-bond donors (Lipinski definition) is 1. The molecule has 3 rings (SSSR count). The van der Waals surface area contributed by atoms with Crippen molar-refractivity contribution in [3.63, 3.8) is 0 Å². The summed E-state index contributed by atoms with van der Waals surface area (Å²) in [5.74, 6) is -0.184. The van der Waals surface area contributed by atoms with Crippen LogP contribution in [-0.2, 0) is 4.79 Å². The summed E-state index contributed by atoms with van der Waals surface area (Å²) in [7, 11) is 1.58. The minimum Gasteiger partial charge on any atom is -0.497 e. The van der Waals surface area contributed by atoms with Crippen molar-refractivity contribution in [2.75, 3.05) is 7.11 Å². The van der Waals surface area contributed by atoms with Gasteiger partial charge in [0.05, 0.1) is 18.2 Å². The highest BCUT2D eigenvalue weighted by Gasteiger charge is 2.18. The number of esters is 1. The number of benzene rings is 3. The van der Waals surface area contributed by atoms with Crippen LogP contribution in [0.15, 0.2) is 84.0 Å². The maximum atomic E-state index is 12.1. The lowest BCUT2D eigenvalue weighted by Gasteiger charge is -2.03. The molecule has 0 radical (unpaired) electrons. The highest BCUT2D eigenvalue weighted by atomic mass is 16.6. The third-order valence-electron chi connectivity index (χ3n) is 4.35. The first-order valence-corrected chi connectivity index (χ1v) is 9.67. The quantitative estimate of drug-likeness (QED) is 0.140. The lowest BCUT2D eigenvalue weighted by Crippen LogP contribution is -2.18. The van der Waals surface area contributed by atoms with Crippen LogP contribution in [0, 0.1) is 10.1 Å². The molecule has 0 spiro atoms. The molecule has 0 aliphatic heterocycles. The molecule has 9 nitrogen and oxygen atoms in total. The van der Waals surface area contributed by atoms with Gasteiger partial charge in [0.1, 0.15) is 17.1 Å². The van der Waals surface area contributed by atoms with Gasteiger partial charge in [-0.05, 0) is 59.7 Å². The van der Waals surface area contributed by atoms with E-state index >= 15 is 0 Å². The van der Waals surface area contributed by atoms with Crippen molar-refractivity contribution in [3.05, 3.63) is 106 Å². The molecule has 1 amide bonds. The first kappa shape index (κ1) is 22.9. The minimum atomic E-state index is -0.701. The molecule has 0 unspecified atom stereocenters. The number of carbonyl (C=O) groups excluding carboxylic acids is 2. The second-order valence-electron chi connectivity index (χ2n) is 6.57. The summed E-state index contributed by atoms with van der Waals surface area (Å²) in [6, 6.07) is 19.2. The van der Waals surface area contributed by atoms with Crippen molar-refractivity contribution in [2.24, 2.45) is 5.10 Å². The number of hydrogen-bond acceptors (Lipinski definition) is 7. The van der Waals surface area contributed by atoms with E-state index in [9.17, 15) is 19.7 Å². The summed E-state index contributed by atoms with van der Waals surface area (Å²) < 4.78 is 10.3. The number of amides is 1. The summed E-state index contributed by atoms with van der Waals surface area (Å²) in [5.41, 5.74) is 3.29. The lowest BCUT2D eigenvalue weighted by atomic mass is 10.2. The summed E-state index contributed by atoms with van der Waals surface area (Å²) in [5, 5.41) is 14.8. The molecule has 0 aromatic heterocycles. The van der Waals surface area contributed by atoms with Crippen LogP contribution in [0.1, 0.15) is 21.5 Å². The predicted molar refractivity (Wildman–Crippen MR) is 122 cm³/mol. The zero-order valence-corrected chi connectivity index (χ0v) is 17.5. The molecule has 166 valence electrons. The molecule has 3 aromatic rings. The number of ether oxygens (including phenoxy) is 2. The normalized spacial score (nSPS) is 10.8. The molecule has 0 heterocycles. The highest BCUT2D eigenvalue weighted by molar-refractivity contribution is 5.98. The van der Waals surface area contributed by atoms with Gasteiger partial charge in [-0.15, -0.1) is 0 Å². The van der Waals surface area contributed by atoms with Crippen molar-refractivity contribution in [3.8, 4) is 11.5 Å². The standard InChI is InChI=1S/C24H19N3O6/c1-32-19-11-6-17(7-12-19)10-15-23(28)33-20-13-8-18(9-14-20)16-25-26-24(29)21-4-2-3-5-22(21)27(30)31/h2-16H,1H3,(H,26,29). The Labute approximate surface area is 189 Å². The zero-order chi connectivity index (χ0) is 23.6.